The van der Waals surface area contributed by atoms with Crippen molar-refractivity contribution in [3.63, 3.8) is 0 Å². The Kier molecular flexibility index (Phi) is 9.14. The molecule has 126 valence electrons. The molecule has 0 spiro atoms. The molecule has 0 heterocycles. The van der Waals surface area contributed by atoms with Crippen LogP contribution in [0.25, 0.3) is 0 Å². The summed E-state index contributed by atoms with van der Waals surface area (Å²) in [6.45, 7) is 9.49. The number of hydrogen-bond donors (Lipinski definition) is 2. The van der Waals surface area contributed by atoms with Crippen molar-refractivity contribution >= 4 is 5.97 Å². The third kappa shape index (κ3) is 8.42. The Morgan fingerprint density at radius 1 is 1.10 bits per heavy atom. The van der Waals surface area contributed by atoms with Crippen LogP contribution < -0.4 is 5.73 Å². The first-order chi connectivity index (χ1) is 9.65. The van der Waals surface area contributed by atoms with E-state index in [9.17, 15) is 9.90 Å². The standard InChI is InChI=1S/C17H35NO3/c1-6-7-8-9-10-11-14(12-13-19)17(5,18)15(20)21-16(2,3)4/h14,19H,6-13,18H2,1-5H3. The molecule has 2 unspecified atom stereocenters. The summed E-state index contributed by atoms with van der Waals surface area (Å²) in [5.41, 5.74) is 4.67. The van der Waals surface area contributed by atoms with Gasteiger partial charge >= 0.3 is 5.97 Å². The molecule has 0 aromatic carbocycles. The summed E-state index contributed by atoms with van der Waals surface area (Å²) >= 11 is 0. The molecule has 0 saturated heterocycles. The maximum Gasteiger partial charge on any atom is 0.326 e. The molecule has 0 amide bonds. The molecule has 4 nitrogen and oxygen atoms in total. The fourth-order valence-corrected chi connectivity index (χ4v) is 2.45. The van der Waals surface area contributed by atoms with E-state index in [1.54, 1.807) is 6.92 Å². The molecule has 0 saturated carbocycles. The number of nitrogens with two attached hydrogens (primary N) is 1. The van der Waals surface area contributed by atoms with Crippen LogP contribution in [0.2, 0.25) is 0 Å². The lowest BCUT2D eigenvalue weighted by atomic mass is 9.80. The van der Waals surface area contributed by atoms with Crippen molar-refractivity contribution in [3.8, 4) is 0 Å². The van der Waals surface area contributed by atoms with Gasteiger partial charge in [0.2, 0.25) is 0 Å². The minimum absolute atomic E-state index is 0.0426. The summed E-state index contributed by atoms with van der Waals surface area (Å²) in [6, 6.07) is 0. The zero-order valence-electron chi connectivity index (χ0n) is 14.6. The van der Waals surface area contributed by atoms with E-state index in [0.717, 1.165) is 19.3 Å². The molecule has 0 rings (SSSR count). The number of ether oxygens (including phenoxy) is 1. The van der Waals surface area contributed by atoms with E-state index in [4.69, 9.17) is 10.5 Å². The SMILES string of the molecule is CCCCCCCC(CCO)C(C)(N)C(=O)OC(C)(C)C. The van der Waals surface area contributed by atoms with Gasteiger partial charge in [-0.05, 0) is 46.5 Å². The first-order valence-corrected chi connectivity index (χ1v) is 8.28. The van der Waals surface area contributed by atoms with Crippen LogP contribution in [0.5, 0.6) is 0 Å². The zero-order valence-corrected chi connectivity index (χ0v) is 14.6. The van der Waals surface area contributed by atoms with E-state index < -0.39 is 11.1 Å². The van der Waals surface area contributed by atoms with Crippen molar-refractivity contribution in [1.82, 2.24) is 0 Å². The van der Waals surface area contributed by atoms with Gasteiger partial charge in [-0.2, -0.15) is 0 Å². The van der Waals surface area contributed by atoms with Gasteiger partial charge in [-0.1, -0.05) is 39.0 Å². The Balaban J connectivity index is 4.55. The van der Waals surface area contributed by atoms with Crippen molar-refractivity contribution in [1.29, 1.82) is 0 Å². The molecule has 0 aliphatic heterocycles. The fourth-order valence-electron chi connectivity index (χ4n) is 2.45. The Bertz CT molecular complexity index is 295. The van der Waals surface area contributed by atoms with E-state index in [0.29, 0.717) is 6.42 Å². The molecule has 0 aliphatic carbocycles. The molecule has 3 N–H and O–H groups in total. The minimum atomic E-state index is -1.04. The number of aliphatic hydroxyl groups excluding tert-OH is 1. The first-order valence-electron chi connectivity index (χ1n) is 8.28. The molecule has 4 heteroatoms. The maximum atomic E-state index is 12.3. The van der Waals surface area contributed by atoms with Gasteiger partial charge in [-0.15, -0.1) is 0 Å². The number of rotatable bonds is 10. The second kappa shape index (κ2) is 9.42. The normalized spacial score (nSPS) is 16.3. The second-order valence-electron chi connectivity index (χ2n) is 7.20. The van der Waals surface area contributed by atoms with Crippen molar-refractivity contribution in [3.05, 3.63) is 0 Å². The van der Waals surface area contributed by atoms with E-state index in [2.05, 4.69) is 6.92 Å². The molecule has 0 aromatic heterocycles. The summed E-state index contributed by atoms with van der Waals surface area (Å²) in [5.74, 6) is -0.416. The van der Waals surface area contributed by atoms with Crippen LogP contribution in [-0.2, 0) is 9.53 Å². The summed E-state index contributed by atoms with van der Waals surface area (Å²) < 4.78 is 5.43. The predicted molar refractivity (Wildman–Crippen MR) is 87.0 cm³/mol. The average Bonchev–Trinajstić information content (AvgIpc) is 2.35. The lowest BCUT2D eigenvalue weighted by Crippen LogP contribution is -2.54. The maximum absolute atomic E-state index is 12.3. The van der Waals surface area contributed by atoms with Gasteiger partial charge in [0.25, 0.3) is 0 Å². The fraction of sp³-hybridized carbons (Fsp3) is 0.941. The molecular weight excluding hydrogens is 266 g/mol. The Morgan fingerprint density at radius 2 is 1.67 bits per heavy atom. The van der Waals surface area contributed by atoms with Crippen LogP contribution >= 0.6 is 0 Å². The molecule has 2 atom stereocenters. The summed E-state index contributed by atoms with van der Waals surface area (Å²) in [5, 5.41) is 9.25. The van der Waals surface area contributed by atoms with Gasteiger partial charge in [0, 0.05) is 6.61 Å². The number of aliphatic hydroxyl groups is 1. The highest BCUT2D eigenvalue weighted by atomic mass is 16.6. The van der Waals surface area contributed by atoms with Crippen molar-refractivity contribution in [2.24, 2.45) is 11.7 Å². The summed E-state index contributed by atoms with van der Waals surface area (Å²) in [6.07, 6.45) is 7.27. The smallest absolute Gasteiger partial charge is 0.326 e. The van der Waals surface area contributed by atoms with Crippen LogP contribution in [0.4, 0.5) is 0 Å². The predicted octanol–water partition coefficient (Wildman–Crippen LogP) is 3.40. The van der Waals surface area contributed by atoms with Gasteiger partial charge in [0.15, 0.2) is 0 Å². The van der Waals surface area contributed by atoms with Crippen LogP contribution in [0.3, 0.4) is 0 Å². The molecule has 0 fully saturated rings. The zero-order chi connectivity index (χ0) is 16.5. The molecule has 0 aliphatic rings. The van der Waals surface area contributed by atoms with E-state index >= 15 is 0 Å². The molecule has 0 aromatic rings. The largest absolute Gasteiger partial charge is 0.459 e. The molecular formula is C17H35NO3. The lowest BCUT2D eigenvalue weighted by Gasteiger charge is -2.34. The van der Waals surface area contributed by atoms with Crippen LogP contribution in [0.1, 0.15) is 79.6 Å². The van der Waals surface area contributed by atoms with Gasteiger partial charge in [0.1, 0.15) is 11.1 Å². The first kappa shape index (κ1) is 20.4. The number of unbranched alkanes of at least 4 members (excludes halogenated alkanes) is 4. The molecule has 21 heavy (non-hydrogen) atoms. The molecule has 0 radical (unpaired) electrons. The quantitative estimate of drug-likeness (QED) is 0.479. The minimum Gasteiger partial charge on any atom is -0.459 e. The third-order valence-corrected chi connectivity index (χ3v) is 3.82. The number of carbonyl (C=O) groups excluding carboxylic acids is 1. The van der Waals surface area contributed by atoms with Crippen molar-refractivity contribution in [2.45, 2.75) is 90.7 Å². The Labute approximate surface area is 130 Å². The average molecular weight is 301 g/mol. The van der Waals surface area contributed by atoms with Crippen LogP contribution in [0, 0.1) is 5.92 Å². The Hall–Kier alpha value is -0.610. The highest BCUT2D eigenvalue weighted by molar-refractivity contribution is 5.80. The van der Waals surface area contributed by atoms with Gasteiger partial charge < -0.3 is 15.6 Å². The van der Waals surface area contributed by atoms with Gasteiger partial charge in [0.05, 0.1) is 0 Å². The van der Waals surface area contributed by atoms with Gasteiger partial charge in [-0.3, -0.25) is 4.79 Å². The lowest BCUT2D eigenvalue weighted by molar-refractivity contribution is -0.163. The molecule has 0 bridgehead atoms. The summed E-state index contributed by atoms with van der Waals surface area (Å²) in [7, 11) is 0. The van der Waals surface area contributed by atoms with E-state index in [1.165, 1.54) is 19.3 Å². The van der Waals surface area contributed by atoms with Crippen LogP contribution in [-0.4, -0.2) is 28.8 Å². The topological polar surface area (TPSA) is 72.5 Å². The number of hydrogen-bond acceptors (Lipinski definition) is 4. The number of carbonyl (C=O) groups is 1. The Morgan fingerprint density at radius 3 is 2.14 bits per heavy atom. The van der Waals surface area contributed by atoms with Gasteiger partial charge in [-0.25, -0.2) is 0 Å². The van der Waals surface area contributed by atoms with E-state index in [1.807, 2.05) is 20.8 Å². The van der Waals surface area contributed by atoms with E-state index in [-0.39, 0.29) is 18.5 Å². The summed E-state index contributed by atoms with van der Waals surface area (Å²) in [4.78, 5) is 12.3. The monoisotopic (exact) mass is 301 g/mol. The van der Waals surface area contributed by atoms with Crippen LogP contribution in [0.15, 0.2) is 0 Å². The van der Waals surface area contributed by atoms with Crippen molar-refractivity contribution in [2.75, 3.05) is 6.61 Å². The number of esters is 1. The highest BCUT2D eigenvalue weighted by Gasteiger charge is 2.39. The third-order valence-electron chi connectivity index (χ3n) is 3.82. The van der Waals surface area contributed by atoms with Crippen molar-refractivity contribution < 1.29 is 14.6 Å². The highest BCUT2D eigenvalue weighted by Crippen LogP contribution is 2.27. The second-order valence-corrected chi connectivity index (χ2v) is 7.20.